The number of ether oxygens (including phenoxy) is 1. The molecule has 180 valence electrons. The van der Waals surface area contributed by atoms with E-state index in [1.165, 1.54) is 0 Å². The number of pyridine rings is 2. The van der Waals surface area contributed by atoms with Crippen molar-refractivity contribution in [3.8, 4) is 11.4 Å². The topological polar surface area (TPSA) is 84.3 Å². The normalized spacial score (nSPS) is 13.8. The van der Waals surface area contributed by atoms with Crippen molar-refractivity contribution < 1.29 is 9.53 Å². The Balaban J connectivity index is 0.00000158. The van der Waals surface area contributed by atoms with Crippen LogP contribution < -0.4 is 4.90 Å². The van der Waals surface area contributed by atoms with Crippen LogP contribution in [-0.4, -0.2) is 62.7 Å². The second-order valence-corrected chi connectivity index (χ2v) is 8.92. The van der Waals surface area contributed by atoms with Gasteiger partial charge in [-0.05, 0) is 45.4 Å². The second-order valence-electron chi connectivity index (χ2n) is 8.92. The number of hydrogen-bond acceptors (Lipinski definition) is 7. The van der Waals surface area contributed by atoms with E-state index in [-0.39, 0.29) is 6.09 Å². The summed E-state index contributed by atoms with van der Waals surface area (Å²) in [5, 5.41) is 0.927. The average Bonchev–Trinajstić information content (AvgIpc) is 2.83. The van der Waals surface area contributed by atoms with E-state index in [9.17, 15) is 4.79 Å². The number of carbonyl (C=O) groups is 1. The minimum Gasteiger partial charge on any atom is -0.444 e. The Hall–Kier alpha value is -3.55. The fraction of sp³-hybridized carbons (Fsp3) is 0.423. The summed E-state index contributed by atoms with van der Waals surface area (Å²) in [7, 11) is 0. The lowest BCUT2D eigenvalue weighted by Crippen LogP contribution is -2.50. The predicted molar refractivity (Wildman–Crippen MR) is 137 cm³/mol. The van der Waals surface area contributed by atoms with Crippen LogP contribution >= 0.6 is 0 Å². The number of amides is 1. The molecule has 8 heteroatoms. The molecule has 1 fully saturated rings. The van der Waals surface area contributed by atoms with Crippen LogP contribution in [0.1, 0.15) is 47.1 Å². The molecule has 0 unspecified atom stereocenters. The molecule has 4 heterocycles. The minimum atomic E-state index is -0.514. The lowest BCUT2D eigenvalue weighted by atomic mass is 10.1. The number of anilines is 1. The third-order valence-electron chi connectivity index (χ3n) is 5.22. The molecule has 1 aliphatic rings. The van der Waals surface area contributed by atoms with Crippen LogP contribution in [0.3, 0.4) is 0 Å². The molecule has 0 atom stereocenters. The van der Waals surface area contributed by atoms with E-state index < -0.39 is 5.60 Å². The van der Waals surface area contributed by atoms with E-state index in [1.54, 1.807) is 29.7 Å². The summed E-state index contributed by atoms with van der Waals surface area (Å²) in [4.78, 5) is 34.6. The Kier molecular flexibility index (Phi) is 7.81. The molecule has 0 spiro atoms. The van der Waals surface area contributed by atoms with Crippen LogP contribution in [0.15, 0.2) is 43.5 Å². The monoisotopic (exact) mass is 462 g/mol. The molecule has 8 nitrogen and oxygen atoms in total. The zero-order chi connectivity index (χ0) is 24.9. The van der Waals surface area contributed by atoms with Gasteiger partial charge in [0, 0.05) is 55.9 Å². The summed E-state index contributed by atoms with van der Waals surface area (Å²) in [5.74, 6) is 1.44. The fourth-order valence-corrected chi connectivity index (χ4v) is 3.67. The van der Waals surface area contributed by atoms with Crippen molar-refractivity contribution in [2.24, 2.45) is 0 Å². The Morgan fingerprint density at radius 2 is 1.65 bits per heavy atom. The Morgan fingerprint density at radius 3 is 2.24 bits per heavy atom. The highest BCUT2D eigenvalue weighted by Gasteiger charge is 2.28. The molecule has 1 saturated heterocycles. The Morgan fingerprint density at radius 1 is 1.00 bits per heavy atom. The third kappa shape index (κ3) is 5.68. The number of carbonyl (C=O) groups excluding carboxylic acids is 1. The van der Waals surface area contributed by atoms with Gasteiger partial charge in [-0.15, -0.1) is 0 Å². The maximum atomic E-state index is 12.5. The van der Waals surface area contributed by atoms with Crippen LogP contribution in [0, 0.1) is 0 Å². The van der Waals surface area contributed by atoms with Crippen molar-refractivity contribution in [2.45, 2.75) is 47.1 Å². The highest BCUT2D eigenvalue weighted by molar-refractivity contribution is 5.99. The van der Waals surface area contributed by atoms with Gasteiger partial charge >= 0.3 is 6.09 Å². The molecule has 0 radical (unpaired) electrons. The van der Waals surface area contributed by atoms with Crippen LogP contribution in [0.25, 0.3) is 27.9 Å². The number of hydrogen-bond donors (Lipinski definition) is 0. The molecule has 0 aromatic carbocycles. The van der Waals surface area contributed by atoms with E-state index in [2.05, 4.69) is 21.4 Å². The number of rotatable bonds is 3. The van der Waals surface area contributed by atoms with Gasteiger partial charge in [-0.2, -0.15) is 0 Å². The Labute approximate surface area is 201 Å². The maximum Gasteiger partial charge on any atom is 0.410 e. The fourth-order valence-electron chi connectivity index (χ4n) is 3.67. The first-order chi connectivity index (χ1) is 16.2. The van der Waals surface area contributed by atoms with Crippen LogP contribution in [-0.2, 0) is 4.74 Å². The summed E-state index contributed by atoms with van der Waals surface area (Å²) in [5.41, 5.74) is 2.96. The van der Waals surface area contributed by atoms with E-state index in [4.69, 9.17) is 14.7 Å². The first-order valence-corrected chi connectivity index (χ1v) is 11.7. The molecule has 3 aromatic heterocycles. The third-order valence-corrected chi connectivity index (χ3v) is 5.22. The predicted octanol–water partition coefficient (Wildman–Crippen LogP) is 5.20. The summed E-state index contributed by atoms with van der Waals surface area (Å²) >= 11 is 0. The van der Waals surface area contributed by atoms with Crippen molar-refractivity contribution in [3.63, 3.8) is 0 Å². The number of aromatic nitrogens is 4. The maximum absolute atomic E-state index is 12.5. The van der Waals surface area contributed by atoms with Crippen molar-refractivity contribution in [1.29, 1.82) is 0 Å². The molecular weight excluding hydrogens is 428 g/mol. The molecule has 0 N–H and O–H groups in total. The van der Waals surface area contributed by atoms with Gasteiger partial charge in [0.25, 0.3) is 0 Å². The van der Waals surface area contributed by atoms with Gasteiger partial charge in [0.1, 0.15) is 11.4 Å². The van der Waals surface area contributed by atoms with Gasteiger partial charge in [0.15, 0.2) is 5.82 Å². The van der Waals surface area contributed by atoms with E-state index >= 15 is 0 Å². The van der Waals surface area contributed by atoms with Gasteiger partial charge in [-0.3, -0.25) is 9.97 Å². The zero-order valence-electron chi connectivity index (χ0n) is 21.0. The first kappa shape index (κ1) is 25.1. The summed E-state index contributed by atoms with van der Waals surface area (Å²) in [6.45, 7) is 18.1. The number of fused-ring (bicyclic) bond motifs is 1. The molecule has 1 amide bonds. The van der Waals surface area contributed by atoms with Crippen LogP contribution in [0.5, 0.6) is 0 Å². The lowest BCUT2D eigenvalue weighted by Gasteiger charge is -2.36. The van der Waals surface area contributed by atoms with Crippen LogP contribution in [0.4, 0.5) is 10.6 Å². The average molecular weight is 463 g/mol. The summed E-state index contributed by atoms with van der Waals surface area (Å²) < 4.78 is 5.53. The van der Waals surface area contributed by atoms with Gasteiger partial charge < -0.3 is 14.5 Å². The molecule has 3 aromatic rings. The van der Waals surface area contributed by atoms with Gasteiger partial charge in [-0.1, -0.05) is 20.4 Å². The number of nitrogens with zero attached hydrogens (tertiary/aromatic N) is 6. The Bertz CT molecular complexity index is 1150. The van der Waals surface area contributed by atoms with Gasteiger partial charge in [0.2, 0.25) is 0 Å². The van der Waals surface area contributed by atoms with E-state index in [0.29, 0.717) is 32.0 Å². The highest BCUT2D eigenvalue weighted by atomic mass is 16.6. The standard InChI is InChI=1S/C24H28N6O2.C2H6/c1-16(2)18-14-26-15-19-20(18)22(28-21(27-19)17-6-8-25-9-7-17)29-10-12-30(13-11-29)23(31)32-24(3,4)5;1-2/h6-9,14-15H,1,10-13H2,2-5H3;1-2H3. The molecule has 34 heavy (non-hydrogen) atoms. The van der Waals surface area contributed by atoms with Gasteiger partial charge in [-0.25, -0.2) is 14.8 Å². The largest absolute Gasteiger partial charge is 0.444 e. The highest BCUT2D eigenvalue weighted by Crippen LogP contribution is 2.33. The van der Waals surface area contributed by atoms with Gasteiger partial charge in [0.05, 0.1) is 17.1 Å². The lowest BCUT2D eigenvalue weighted by molar-refractivity contribution is 0.0240. The van der Waals surface area contributed by atoms with E-state index in [1.807, 2.05) is 53.7 Å². The van der Waals surface area contributed by atoms with Crippen molar-refractivity contribution in [3.05, 3.63) is 49.1 Å². The number of allylic oxidation sites excluding steroid dienone is 1. The molecular formula is C26H34N6O2. The molecule has 0 saturated carbocycles. The first-order valence-electron chi connectivity index (χ1n) is 11.7. The smallest absolute Gasteiger partial charge is 0.410 e. The van der Waals surface area contributed by atoms with E-state index in [0.717, 1.165) is 33.4 Å². The quantitative estimate of drug-likeness (QED) is 0.529. The second kappa shape index (κ2) is 10.6. The molecule has 4 rings (SSSR count). The minimum absolute atomic E-state index is 0.283. The summed E-state index contributed by atoms with van der Waals surface area (Å²) in [6.07, 6.45) is 6.74. The SMILES string of the molecule is C=C(C)c1cncc2nc(-c3ccncc3)nc(N3CCN(C(=O)OC(C)(C)C)CC3)c12.CC. The molecule has 0 aliphatic carbocycles. The molecule has 1 aliphatic heterocycles. The van der Waals surface area contributed by atoms with Crippen LogP contribution in [0.2, 0.25) is 0 Å². The zero-order valence-corrected chi connectivity index (χ0v) is 21.0. The van der Waals surface area contributed by atoms with Crippen molar-refractivity contribution in [1.82, 2.24) is 24.8 Å². The van der Waals surface area contributed by atoms with Crippen molar-refractivity contribution in [2.75, 3.05) is 31.1 Å². The number of piperazine rings is 1. The van der Waals surface area contributed by atoms with Crippen molar-refractivity contribution >= 4 is 28.4 Å². The molecule has 0 bridgehead atoms. The summed E-state index contributed by atoms with van der Waals surface area (Å²) in [6, 6.07) is 3.78.